The van der Waals surface area contributed by atoms with Crippen LogP contribution in [0.1, 0.15) is 73.1 Å². The minimum absolute atomic E-state index is 0.373. The SMILES string of the molecule is COCc1cc(/C=C/c2cc(OC)c(OC)cc2OC(C(C)O)N2CCN(Cc3ccc(C4CCCCC4)cc3)CC2)on1. The van der Waals surface area contributed by atoms with E-state index in [9.17, 15) is 5.11 Å². The quantitative estimate of drug-likeness (QED) is 0.254. The third-order valence-corrected chi connectivity index (χ3v) is 8.70. The molecule has 5 rings (SSSR count). The van der Waals surface area contributed by atoms with Crippen molar-refractivity contribution in [2.45, 2.75) is 70.4 Å². The molecule has 2 aromatic carbocycles. The van der Waals surface area contributed by atoms with E-state index in [4.69, 9.17) is 23.5 Å². The lowest BCUT2D eigenvalue weighted by atomic mass is 9.84. The van der Waals surface area contributed by atoms with Crippen molar-refractivity contribution in [2.75, 3.05) is 47.5 Å². The third-order valence-electron chi connectivity index (χ3n) is 8.70. The van der Waals surface area contributed by atoms with Crippen molar-refractivity contribution in [1.82, 2.24) is 15.0 Å². The van der Waals surface area contributed by atoms with Crippen molar-refractivity contribution in [3.63, 3.8) is 0 Å². The molecule has 0 spiro atoms. The maximum atomic E-state index is 10.9. The first kappa shape index (κ1) is 32.0. The van der Waals surface area contributed by atoms with E-state index >= 15 is 0 Å². The zero-order chi connectivity index (χ0) is 30.9. The number of ether oxygens (including phenoxy) is 4. The molecular weight excluding hydrogens is 558 g/mol. The Morgan fingerprint density at radius 2 is 1.61 bits per heavy atom. The van der Waals surface area contributed by atoms with E-state index in [1.807, 2.05) is 24.3 Å². The topological polar surface area (TPSA) is 89.7 Å². The van der Waals surface area contributed by atoms with Crippen molar-refractivity contribution < 1.29 is 28.6 Å². The van der Waals surface area contributed by atoms with Gasteiger partial charge in [-0.05, 0) is 55.0 Å². The van der Waals surface area contributed by atoms with Crippen LogP contribution in [0.25, 0.3) is 12.2 Å². The highest BCUT2D eigenvalue weighted by atomic mass is 16.5. The summed E-state index contributed by atoms with van der Waals surface area (Å²) >= 11 is 0. The molecule has 9 nitrogen and oxygen atoms in total. The van der Waals surface area contributed by atoms with Crippen LogP contribution in [-0.4, -0.2) is 79.9 Å². The lowest BCUT2D eigenvalue weighted by molar-refractivity contribution is -0.0753. The summed E-state index contributed by atoms with van der Waals surface area (Å²) in [6.07, 6.45) is 9.20. The van der Waals surface area contributed by atoms with Crippen molar-refractivity contribution in [3.05, 3.63) is 70.6 Å². The number of piperazine rings is 1. The highest BCUT2D eigenvalue weighted by Gasteiger charge is 2.30. The Balaban J connectivity index is 1.24. The standard InChI is InChI=1S/C35H47N3O6/c1-25(39)35(38-18-16-37(17-19-38)23-26-10-12-28(13-11-26)27-8-6-5-7-9-27)43-32-22-34(42-4)33(41-3)20-29(32)14-15-31-21-30(24-40-2)36-44-31/h10-15,20-22,25,27,35,39H,5-9,16-19,23-24H2,1-4H3/b15-14+. The van der Waals surface area contributed by atoms with Gasteiger partial charge in [-0.25, -0.2) is 0 Å². The Morgan fingerprint density at radius 1 is 0.909 bits per heavy atom. The number of hydrogen-bond donors (Lipinski definition) is 1. The molecule has 2 fully saturated rings. The van der Waals surface area contributed by atoms with Gasteiger partial charge in [0.2, 0.25) is 0 Å². The molecule has 2 atom stereocenters. The highest BCUT2D eigenvalue weighted by molar-refractivity contribution is 5.73. The molecule has 2 aliphatic rings. The Kier molecular flexibility index (Phi) is 11.3. The summed E-state index contributed by atoms with van der Waals surface area (Å²) in [5.74, 6) is 3.01. The van der Waals surface area contributed by atoms with Crippen molar-refractivity contribution in [2.24, 2.45) is 0 Å². The number of hydrogen-bond acceptors (Lipinski definition) is 9. The van der Waals surface area contributed by atoms with Gasteiger partial charge in [0.15, 0.2) is 23.5 Å². The van der Waals surface area contributed by atoms with Gasteiger partial charge in [-0.2, -0.15) is 0 Å². The average molecular weight is 606 g/mol. The van der Waals surface area contributed by atoms with Crippen molar-refractivity contribution in [1.29, 1.82) is 0 Å². The second-order valence-corrected chi connectivity index (χ2v) is 11.9. The summed E-state index contributed by atoms with van der Waals surface area (Å²) < 4.78 is 28.2. The first-order valence-electron chi connectivity index (χ1n) is 15.8. The van der Waals surface area contributed by atoms with E-state index in [0.29, 0.717) is 35.3 Å². The van der Waals surface area contributed by atoms with Crippen LogP contribution in [0.3, 0.4) is 0 Å². The molecule has 1 N–H and O–H groups in total. The number of aromatic nitrogens is 1. The summed E-state index contributed by atoms with van der Waals surface area (Å²) in [5.41, 5.74) is 4.31. The summed E-state index contributed by atoms with van der Waals surface area (Å²) in [6, 6.07) is 14.8. The molecule has 1 aliphatic heterocycles. The maximum absolute atomic E-state index is 10.9. The van der Waals surface area contributed by atoms with Crippen LogP contribution in [0.2, 0.25) is 0 Å². The van der Waals surface area contributed by atoms with Crippen LogP contribution in [0, 0.1) is 0 Å². The lowest BCUT2D eigenvalue weighted by Crippen LogP contribution is -2.55. The number of nitrogens with zero attached hydrogens (tertiary/aromatic N) is 3. The molecule has 1 aliphatic carbocycles. The Morgan fingerprint density at radius 3 is 2.27 bits per heavy atom. The van der Waals surface area contributed by atoms with Crippen LogP contribution < -0.4 is 14.2 Å². The second-order valence-electron chi connectivity index (χ2n) is 11.9. The summed E-state index contributed by atoms with van der Waals surface area (Å²) in [4.78, 5) is 4.69. The van der Waals surface area contributed by atoms with Gasteiger partial charge in [-0.1, -0.05) is 48.7 Å². The first-order valence-corrected chi connectivity index (χ1v) is 15.8. The van der Waals surface area contributed by atoms with Crippen LogP contribution in [-0.2, 0) is 17.9 Å². The molecule has 44 heavy (non-hydrogen) atoms. The minimum atomic E-state index is -0.718. The molecule has 9 heteroatoms. The number of methoxy groups -OCH3 is 3. The van der Waals surface area contributed by atoms with Crippen LogP contribution in [0.15, 0.2) is 47.0 Å². The monoisotopic (exact) mass is 605 g/mol. The predicted molar refractivity (Wildman–Crippen MR) is 171 cm³/mol. The van der Waals surface area contributed by atoms with Crippen LogP contribution >= 0.6 is 0 Å². The Hall–Kier alpha value is -3.37. The van der Waals surface area contributed by atoms with Gasteiger partial charge in [0.25, 0.3) is 0 Å². The van der Waals surface area contributed by atoms with Crippen LogP contribution in [0.4, 0.5) is 0 Å². The molecule has 0 radical (unpaired) electrons. The fraction of sp³-hybridized carbons (Fsp3) is 0.514. The van der Waals surface area contributed by atoms with Crippen LogP contribution in [0.5, 0.6) is 17.2 Å². The smallest absolute Gasteiger partial charge is 0.178 e. The van der Waals surface area contributed by atoms with E-state index in [1.165, 1.54) is 43.2 Å². The van der Waals surface area contributed by atoms with Gasteiger partial charge < -0.3 is 28.6 Å². The third kappa shape index (κ3) is 8.21. The molecule has 2 heterocycles. The number of benzene rings is 2. The summed E-state index contributed by atoms with van der Waals surface area (Å²) in [6.45, 7) is 6.43. The molecule has 2 unspecified atom stereocenters. The molecule has 238 valence electrons. The molecule has 1 aromatic heterocycles. The van der Waals surface area contributed by atoms with Gasteiger partial charge >= 0.3 is 0 Å². The van der Waals surface area contributed by atoms with E-state index in [2.05, 4.69) is 39.2 Å². The highest BCUT2D eigenvalue weighted by Crippen LogP contribution is 2.37. The van der Waals surface area contributed by atoms with Crippen molar-refractivity contribution in [3.8, 4) is 17.2 Å². The van der Waals surface area contributed by atoms with Crippen molar-refractivity contribution >= 4 is 12.2 Å². The zero-order valence-electron chi connectivity index (χ0n) is 26.5. The number of aliphatic hydroxyl groups excluding tert-OH is 1. The molecule has 3 aromatic rings. The van der Waals surface area contributed by atoms with Gasteiger partial charge in [0.1, 0.15) is 17.5 Å². The van der Waals surface area contributed by atoms with E-state index in [-0.39, 0.29) is 0 Å². The molecule has 1 saturated carbocycles. The number of aliphatic hydroxyl groups is 1. The fourth-order valence-corrected chi connectivity index (χ4v) is 6.28. The Labute approximate surface area is 261 Å². The van der Waals surface area contributed by atoms with E-state index < -0.39 is 12.3 Å². The normalized spacial score (nSPS) is 18.4. The van der Waals surface area contributed by atoms with E-state index in [1.54, 1.807) is 34.3 Å². The predicted octanol–water partition coefficient (Wildman–Crippen LogP) is 5.96. The van der Waals surface area contributed by atoms with E-state index in [0.717, 1.165) is 44.2 Å². The average Bonchev–Trinajstić information content (AvgIpc) is 3.51. The van der Waals surface area contributed by atoms with Gasteiger partial charge in [-0.3, -0.25) is 9.80 Å². The second kappa shape index (κ2) is 15.6. The number of rotatable bonds is 13. The maximum Gasteiger partial charge on any atom is 0.178 e. The van der Waals surface area contributed by atoms with Gasteiger partial charge in [0, 0.05) is 57.5 Å². The molecule has 0 bridgehead atoms. The minimum Gasteiger partial charge on any atom is -0.493 e. The molecule has 1 saturated heterocycles. The van der Waals surface area contributed by atoms with Gasteiger partial charge in [0.05, 0.1) is 20.8 Å². The first-order chi connectivity index (χ1) is 21.5. The fourth-order valence-electron chi connectivity index (χ4n) is 6.28. The zero-order valence-corrected chi connectivity index (χ0v) is 26.5. The Bertz CT molecular complexity index is 1340. The lowest BCUT2D eigenvalue weighted by Gasteiger charge is -2.40. The molecular formula is C35H47N3O6. The largest absolute Gasteiger partial charge is 0.493 e. The summed E-state index contributed by atoms with van der Waals surface area (Å²) in [5, 5.41) is 14.9. The van der Waals surface area contributed by atoms with Gasteiger partial charge in [-0.15, -0.1) is 0 Å². The molecule has 0 amide bonds. The summed E-state index contributed by atoms with van der Waals surface area (Å²) in [7, 11) is 4.81.